The molecule has 0 aliphatic heterocycles. The molecule has 0 fully saturated rings. The zero-order valence-corrected chi connectivity index (χ0v) is 10.8. The van der Waals surface area contributed by atoms with Gasteiger partial charge in [-0.25, -0.2) is 0 Å². The van der Waals surface area contributed by atoms with Gasteiger partial charge in [-0.15, -0.1) is 0 Å². The normalized spacial score (nSPS) is 15.9. The summed E-state index contributed by atoms with van der Waals surface area (Å²) in [6.45, 7) is 2.38. The predicted octanol–water partition coefficient (Wildman–Crippen LogP) is 1.49. The maximum atomic E-state index is 11.8. The van der Waals surface area contributed by atoms with Crippen molar-refractivity contribution in [2.45, 2.75) is 37.6 Å². The first-order valence-corrected chi connectivity index (χ1v) is 6.34. The fourth-order valence-corrected chi connectivity index (χ4v) is 2.40. The molecular formula is C14H22N2O2. The van der Waals surface area contributed by atoms with Crippen LogP contribution in [-0.2, 0) is 10.2 Å². The summed E-state index contributed by atoms with van der Waals surface area (Å²) in [4.78, 5) is 11.8. The number of carboxylic acid groups (broad SMARTS) is 1. The van der Waals surface area contributed by atoms with Crippen LogP contribution in [-0.4, -0.2) is 23.7 Å². The van der Waals surface area contributed by atoms with Crippen LogP contribution >= 0.6 is 0 Å². The van der Waals surface area contributed by atoms with Gasteiger partial charge in [-0.1, -0.05) is 37.3 Å². The minimum Gasteiger partial charge on any atom is -0.481 e. The molecule has 0 heterocycles. The lowest BCUT2D eigenvalue weighted by Crippen LogP contribution is -2.51. The quantitative estimate of drug-likeness (QED) is 0.684. The molecule has 0 bridgehead atoms. The first-order valence-electron chi connectivity index (χ1n) is 6.34. The molecule has 0 saturated heterocycles. The van der Waals surface area contributed by atoms with E-state index in [2.05, 4.69) is 0 Å². The molecule has 4 heteroatoms. The van der Waals surface area contributed by atoms with Gasteiger partial charge in [-0.2, -0.15) is 0 Å². The molecule has 5 N–H and O–H groups in total. The van der Waals surface area contributed by atoms with Crippen LogP contribution in [0.5, 0.6) is 0 Å². The lowest BCUT2D eigenvalue weighted by atomic mass is 9.70. The number of aliphatic carboxylic acids is 1. The number of benzene rings is 1. The summed E-state index contributed by atoms with van der Waals surface area (Å²) in [5.74, 6) is -0.864. The molecule has 0 radical (unpaired) electrons. The highest BCUT2D eigenvalue weighted by Crippen LogP contribution is 2.34. The number of hydrogen-bond acceptors (Lipinski definition) is 3. The van der Waals surface area contributed by atoms with E-state index in [1.165, 1.54) is 0 Å². The first kappa shape index (κ1) is 14.7. The zero-order chi connectivity index (χ0) is 13.6. The maximum Gasteiger partial charge on any atom is 0.315 e. The van der Waals surface area contributed by atoms with E-state index < -0.39 is 17.4 Å². The summed E-state index contributed by atoms with van der Waals surface area (Å²) in [6, 6.07) is 8.82. The Kier molecular flexibility index (Phi) is 5.31. The third kappa shape index (κ3) is 2.71. The van der Waals surface area contributed by atoms with Crippen LogP contribution < -0.4 is 11.5 Å². The zero-order valence-electron chi connectivity index (χ0n) is 10.8. The van der Waals surface area contributed by atoms with Crippen molar-refractivity contribution in [3.05, 3.63) is 35.9 Å². The van der Waals surface area contributed by atoms with Crippen molar-refractivity contribution in [1.82, 2.24) is 0 Å². The highest BCUT2D eigenvalue weighted by molar-refractivity contribution is 5.82. The summed E-state index contributed by atoms with van der Waals surface area (Å²) < 4.78 is 0. The highest BCUT2D eigenvalue weighted by Gasteiger charge is 2.44. The van der Waals surface area contributed by atoms with Crippen LogP contribution in [0.3, 0.4) is 0 Å². The Balaban J connectivity index is 3.24. The Hall–Kier alpha value is -1.39. The topological polar surface area (TPSA) is 89.3 Å². The van der Waals surface area contributed by atoms with Gasteiger partial charge in [0.1, 0.15) is 5.41 Å². The van der Waals surface area contributed by atoms with Gasteiger partial charge in [0.25, 0.3) is 0 Å². The number of hydrogen-bond donors (Lipinski definition) is 3. The summed E-state index contributed by atoms with van der Waals surface area (Å²) >= 11 is 0. The first-order chi connectivity index (χ1) is 8.59. The molecule has 1 rings (SSSR count). The molecule has 100 valence electrons. The molecule has 0 aliphatic rings. The Morgan fingerprint density at radius 3 is 2.44 bits per heavy atom. The number of carbonyl (C=O) groups is 1. The predicted molar refractivity (Wildman–Crippen MR) is 72.3 cm³/mol. The minimum atomic E-state index is -1.03. The van der Waals surface area contributed by atoms with E-state index >= 15 is 0 Å². The van der Waals surface area contributed by atoms with E-state index in [0.29, 0.717) is 25.8 Å². The van der Waals surface area contributed by atoms with Gasteiger partial charge in [-0.05, 0) is 31.4 Å². The molecule has 18 heavy (non-hydrogen) atoms. The molecule has 0 saturated carbocycles. The van der Waals surface area contributed by atoms with Crippen molar-refractivity contribution in [1.29, 1.82) is 0 Å². The van der Waals surface area contributed by atoms with Gasteiger partial charge in [0.15, 0.2) is 0 Å². The Bertz CT molecular complexity index is 381. The Labute approximate surface area is 108 Å². The van der Waals surface area contributed by atoms with Gasteiger partial charge in [-0.3, -0.25) is 4.79 Å². The van der Waals surface area contributed by atoms with Crippen LogP contribution in [0.15, 0.2) is 30.3 Å². The molecule has 0 amide bonds. The van der Waals surface area contributed by atoms with Crippen LogP contribution in [0.4, 0.5) is 0 Å². The molecule has 2 unspecified atom stereocenters. The summed E-state index contributed by atoms with van der Waals surface area (Å²) in [7, 11) is 0. The van der Waals surface area contributed by atoms with Crippen molar-refractivity contribution in [2.75, 3.05) is 6.54 Å². The van der Waals surface area contributed by atoms with Crippen molar-refractivity contribution in [2.24, 2.45) is 11.5 Å². The van der Waals surface area contributed by atoms with Crippen molar-refractivity contribution in [3.63, 3.8) is 0 Å². The van der Waals surface area contributed by atoms with Crippen LogP contribution in [0.2, 0.25) is 0 Å². The van der Waals surface area contributed by atoms with Gasteiger partial charge in [0.05, 0.1) is 0 Å². The monoisotopic (exact) mass is 250 g/mol. The second kappa shape index (κ2) is 6.52. The van der Waals surface area contributed by atoms with Crippen molar-refractivity contribution >= 4 is 5.97 Å². The van der Waals surface area contributed by atoms with E-state index in [1.54, 1.807) is 0 Å². The van der Waals surface area contributed by atoms with E-state index in [9.17, 15) is 9.90 Å². The summed E-state index contributed by atoms with van der Waals surface area (Å²) in [5.41, 5.74) is 11.4. The summed E-state index contributed by atoms with van der Waals surface area (Å²) in [6.07, 6.45) is 1.73. The second-order valence-corrected chi connectivity index (χ2v) is 4.55. The number of carboxylic acids is 1. The third-order valence-corrected chi connectivity index (χ3v) is 3.52. The fraction of sp³-hybridized carbons (Fsp3) is 0.500. The second-order valence-electron chi connectivity index (χ2n) is 4.55. The smallest absolute Gasteiger partial charge is 0.315 e. The molecule has 0 aliphatic carbocycles. The lowest BCUT2D eigenvalue weighted by molar-refractivity contribution is -0.145. The Morgan fingerprint density at radius 1 is 1.39 bits per heavy atom. The summed E-state index contributed by atoms with van der Waals surface area (Å²) in [5, 5.41) is 9.68. The standard InChI is InChI=1S/C14H22N2O2/c1-2-12(16)14(13(17)18,9-6-10-15)11-7-4-3-5-8-11/h3-5,7-8,12H,2,6,9-10,15-16H2,1H3,(H,17,18). The highest BCUT2D eigenvalue weighted by atomic mass is 16.4. The molecule has 2 atom stereocenters. The van der Waals surface area contributed by atoms with Gasteiger partial charge >= 0.3 is 5.97 Å². The van der Waals surface area contributed by atoms with E-state index in [4.69, 9.17) is 11.5 Å². The molecule has 1 aromatic carbocycles. The fourth-order valence-electron chi connectivity index (χ4n) is 2.40. The van der Waals surface area contributed by atoms with Gasteiger partial charge < -0.3 is 16.6 Å². The molecule has 1 aromatic rings. The van der Waals surface area contributed by atoms with E-state index in [-0.39, 0.29) is 0 Å². The SMILES string of the molecule is CCC(N)C(CCCN)(C(=O)O)c1ccccc1. The van der Waals surface area contributed by atoms with Crippen molar-refractivity contribution < 1.29 is 9.90 Å². The number of rotatable bonds is 7. The van der Waals surface area contributed by atoms with Crippen LogP contribution in [0, 0.1) is 0 Å². The minimum absolute atomic E-state index is 0.413. The lowest BCUT2D eigenvalue weighted by Gasteiger charge is -2.35. The maximum absolute atomic E-state index is 11.8. The average molecular weight is 250 g/mol. The van der Waals surface area contributed by atoms with Crippen molar-refractivity contribution in [3.8, 4) is 0 Å². The Morgan fingerprint density at radius 2 is 2.00 bits per heavy atom. The average Bonchev–Trinajstić information content (AvgIpc) is 2.40. The molecule has 4 nitrogen and oxygen atoms in total. The van der Waals surface area contributed by atoms with Gasteiger partial charge in [0.2, 0.25) is 0 Å². The van der Waals surface area contributed by atoms with E-state index in [1.807, 2.05) is 37.3 Å². The molecule has 0 spiro atoms. The van der Waals surface area contributed by atoms with Crippen LogP contribution in [0.1, 0.15) is 31.7 Å². The third-order valence-electron chi connectivity index (χ3n) is 3.52. The number of nitrogens with two attached hydrogens (primary N) is 2. The molecule has 0 aromatic heterocycles. The van der Waals surface area contributed by atoms with E-state index in [0.717, 1.165) is 5.56 Å². The van der Waals surface area contributed by atoms with Crippen LogP contribution in [0.25, 0.3) is 0 Å². The van der Waals surface area contributed by atoms with Gasteiger partial charge in [0, 0.05) is 6.04 Å². The molecular weight excluding hydrogens is 228 g/mol. The largest absolute Gasteiger partial charge is 0.481 e.